The second kappa shape index (κ2) is 3.00. The number of furan rings is 1. The van der Waals surface area contributed by atoms with Crippen LogP contribution in [0.2, 0.25) is 5.02 Å². The Kier molecular flexibility index (Phi) is 1.85. The molecule has 1 aromatic carbocycles. The largest absolute Gasteiger partial charge is 0.464 e. The molecule has 0 bridgehead atoms. The van der Waals surface area contributed by atoms with Crippen LogP contribution in [0.5, 0.6) is 0 Å². The van der Waals surface area contributed by atoms with Crippen molar-refractivity contribution in [2.24, 2.45) is 5.73 Å². The van der Waals surface area contributed by atoms with E-state index in [4.69, 9.17) is 21.8 Å². The molecule has 1 aromatic heterocycles. The van der Waals surface area contributed by atoms with Crippen molar-refractivity contribution in [2.45, 2.75) is 24.8 Å². The van der Waals surface area contributed by atoms with Crippen LogP contribution in [0.15, 0.2) is 28.9 Å². The van der Waals surface area contributed by atoms with Gasteiger partial charge >= 0.3 is 0 Å². The number of nitrogens with two attached hydrogens (primary N) is 1. The molecule has 0 spiro atoms. The van der Waals surface area contributed by atoms with Gasteiger partial charge in [-0.2, -0.15) is 0 Å². The van der Waals surface area contributed by atoms with Gasteiger partial charge < -0.3 is 10.2 Å². The number of halogens is 1. The molecular formula is C12H12ClNO. The molecule has 1 aliphatic carbocycles. The Morgan fingerprint density at radius 3 is 2.73 bits per heavy atom. The van der Waals surface area contributed by atoms with Crippen molar-refractivity contribution < 1.29 is 4.42 Å². The van der Waals surface area contributed by atoms with Gasteiger partial charge in [-0.1, -0.05) is 11.6 Å². The Bertz CT molecular complexity index is 513. The van der Waals surface area contributed by atoms with Crippen molar-refractivity contribution >= 4 is 22.6 Å². The molecule has 0 unspecified atom stereocenters. The second-order valence-corrected chi connectivity index (χ2v) is 4.67. The van der Waals surface area contributed by atoms with Gasteiger partial charge in [0, 0.05) is 21.5 Å². The van der Waals surface area contributed by atoms with Crippen LogP contribution < -0.4 is 5.73 Å². The molecule has 0 atom stereocenters. The summed E-state index contributed by atoms with van der Waals surface area (Å²) < 4.78 is 5.36. The lowest BCUT2D eigenvalue weighted by Crippen LogP contribution is -2.43. The lowest BCUT2D eigenvalue weighted by atomic mass is 9.72. The van der Waals surface area contributed by atoms with E-state index in [0.29, 0.717) is 0 Å². The van der Waals surface area contributed by atoms with Gasteiger partial charge in [-0.15, -0.1) is 0 Å². The highest BCUT2D eigenvalue weighted by Crippen LogP contribution is 2.45. The SMILES string of the molecule is NC1(c2c(Cl)ccc3occc23)CCC1. The summed E-state index contributed by atoms with van der Waals surface area (Å²) in [5, 5.41) is 1.82. The van der Waals surface area contributed by atoms with Crippen molar-refractivity contribution in [2.75, 3.05) is 0 Å². The molecule has 3 heteroatoms. The number of hydrogen-bond acceptors (Lipinski definition) is 2. The zero-order valence-corrected chi connectivity index (χ0v) is 9.05. The van der Waals surface area contributed by atoms with Gasteiger partial charge in [-0.25, -0.2) is 0 Å². The Morgan fingerprint density at radius 2 is 2.07 bits per heavy atom. The van der Waals surface area contributed by atoms with E-state index in [0.717, 1.165) is 34.4 Å². The minimum atomic E-state index is -0.236. The van der Waals surface area contributed by atoms with E-state index in [1.54, 1.807) is 6.26 Å². The van der Waals surface area contributed by atoms with Crippen LogP contribution in [0, 0.1) is 0 Å². The minimum absolute atomic E-state index is 0.236. The fourth-order valence-electron chi connectivity index (χ4n) is 2.33. The first-order chi connectivity index (χ1) is 7.21. The highest BCUT2D eigenvalue weighted by molar-refractivity contribution is 6.32. The van der Waals surface area contributed by atoms with E-state index in [2.05, 4.69) is 0 Å². The summed E-state index contributed by atoms with van der Waals surface area (Å²) >= 11 is 6.24. The van der Waals surface area contributed by atoms with E-state index in [1.807, 2.05) is 18.2 Å². The van der Waals surface area contributed by atoms with Crippen molar-refractivity contribution in [1.82, 2.24) is 0 Å². The van der Waals surface area contributed by atoms with Crippen LogP contribution in [0.4, 0.5) is 0 Å². The van der Waals surface area contributed by atoms with Crippen molar-refractivity contribution in [1.29, 1.82) is 0 Å². The summed E-state index contributed by atoms with van der Waals surface area (Å²) in [7, 11) is 0. The summed E-state index contributed by atoms with van der Waals surface area (Å²) in [6, 6.07) is 5.71. The number of hydrogen-bond donors (Lipinski definition) is 1. The number of benzene rings is 1. The summed E-state index contributed by atoms with van der Waals surface area (Å²) in [5.74, 6) is 0. The second-order valence-electron chi connectivity index (χ2n) is 4.26. The quantitative estimate of drug-likeness (QED) is 0.802. The van der Waals surface area contributed by atoms with E-state index < -0.39 is 0 Å². The molecule has 0 radical (unpaired) electrons. The molecule has 78 valence electrons. The molecule has 0 saturated heterocycles. The number of fused-ring (bicyclic) bond motifs is 1. The van der Waals surface area contributed by atoms with E-state index in [1.165, 1.54) is 6.42 Å². The van der Waals surface area contributed by atoms with Crippen LogP contribution in [0.25, 0.3) is 11.0 Å². The molecule has 2 N–H and O–H groups in total. The van der Waals surface area contributed by atoms with Gasteiger partial charge in [0.05, 0.1) is 6.26 Å². The average molecular weight is 222 g/mol. The normalized spacial score (nSPS) is 19.1. The molecule has 15 heavy (non-hydrogen) atoms. The van der Waals surface area contributed by atoms with Gasteiger partial charge in [0.1, 0.15) is 5.58 Å². The monoisotopic (exact) mass is 221 g/mol. The molecule has 2 aromatic rings. The predicted molar refractivity (Wildman–Crippen MR) is 60.9 cm³/mol. The Hall–Kier alpha value is -0.990. The van der Waals surface area contributed by atoms with Crippen LogP contribution in [-0.4, -0.2) is 0 Å². The average Bonchev–Trinajstić information content (AvgIpc) is 2.62. The molecule has 3 rings (SSSR count). The fourth-order valence-corrected chi connectivity index (χ4v) is 2.68. The third-order valence-corrected chi connectivity index (χ3v) is 3.64. The first kappa shape index (κ1) is 9.25. The molecule has 1 aliphatic rings. The standard InChI is InChI=1S/C12H12ClNO/c13-9-2-3-10-8(4-7-15-10)11(9)12(14)5-1-6-12/h2-4,7H,1,5-6,14H2. The van der Waals surface area contributed by atoms with E-state index in [9.17, 15) is 0 Å². The fraction of sp³-hybridized carbons (Fsp3) is 0.333. The molecular weight excluding hydrogens is 210 g/mol. The topological polar surface area (TPSA) is 39.2 Å². The zero-order valence-electron chi connectivity index (χ0n) is 8.29. The first-order valence-electron chi connectivity index (χ1n) is 5.16. The smallest absolute Gasteiger partial charge is 0.134 e. The Labute approximate surface area is 93.0 Å². The molecule has 1 heterocycles. The highest BCUT2D eigenvalue weighted by Gasteiger charge is 2.37. The third kappa shape index (κ3) is 1.22. The van der Waals surface area contributed by atoms with Crippen LogP contribution >= 0.6 is 11.6 Å². The van der Waals surface area contributed by atoms with Crippen LogP contribution in [-0.2, 0) is 5.54 Å². The Morgan fingerprint density at radius 1 is 1.27 bits per heavy atom. The van der Waals surface area contributed by atoms with Gasteiger partial charge in [-0.05, 0) is 37.5 Å². The first-order valence-corrected chi connectivity index (χ1v) is 5.54. The van der Waals surface area contributed by atoms with Gasteiger partial charge in [0.25, 0.3) is 0 Å². The highest BCUT2D eigenvalue weighted by atomic mass is 35.5. The van der Waals surface area contributed by atoms with Gasteiger partial charge in [-0.3, -0.25) is 0 Å². The summed E-state index contributed by atoms with van der Waals surface area (Å²) in [5.41, 5.74) is 8.01. The van der Waals surface area contributed by atoms with Gasteiger partial charge in [0.15, 0.2) is 0 Å². The van der Waals surface area contributed by atoms with E-state index in [-0.39, 0.29) is 5.54 Å². The van der Waals surface area contributed by atoms with Crippen molar-refractivity contribution in [3.05, 3.63) is 35.0 Å². The lowest BCUT2D eigenvalue weighted by molar-refractivity contribution is 0.256. The van der Waals surface area contributed by atoms with Gasteiger partial charge in [0.2, 0.25) is 0 Å². The summed E-state index contributed by atoms with van der Waals surface area (Å²) in [6.07, 6.45) is 4.89. The van der Waals surface area contributed by atoms with E-state index >= 15 is 0 Å². The Balaban J connectivity index is 2.31. The maximum absolute atomic E-state index is 6.32. The summed E-state index contributed by atoms with van der Waals surface area (Å²) in [6.45, 7) is 0. The maximum atomic E-state index is 6.32. The molecule has 2 nitrogen and oxygen atoms in total. The maximum Gasteiger partial charge on any atom is 0.134 e. The minimum Gasteiger partial charge on any atom is -0.464 e. The molecule has 0 amide bonds. The predicted octanol–water partition coefficient (Wildman–Crippen LogP) is 3.42. The van der Waals surface area contributed by atoms with Crippen molar-refractivity contribution in [3.63, 3.8) is 0 Å². The summed E-state index contributed by atoms with van der Waals surface area (Å²) in [4.78, 5) is 0. The number of rotatable bonds is 1. The van der Waals surface area contributed by atoms with Crippen molar-refractivity contribution in [3.8, 4) is 0 Å². The lowest BCUT2D eigenvalue weighted by Gasteiger charge is -2.39. The molecule has 0 aliphatic heterocycles. The molecule has 1 fully saturated rings. The zero-order chi connectivity index (χ0) is 10.5. The van der Waals surface area contributed by atoms with Crippen LogP contribution in [0.3, 0.4) is 0 Å². The molecule has 1 saturated carbocycles. The third-order valence-electron chi connectivity index (χ3n) is 3.33. The van der Waals surface area contributed by atoms with Crippen LogP contribution in [0.1, 0.15) is 24.8 Å².